The second-order valence-corrected chi connectivity index (χ2v) is 8.53. The fraction of sp³-hybridized carbons (Fsp3) is 0.579. The Morgan fingerprint density at radius 3 is 2.58 bits per heavy atom. The van der Waals surface area contributed by atoms with E-state index in [0.717, 1.165) is 30.0 Å². The third kappa shape index (κ3) is 4.63. The minimum Gasteiger partial charge on any atom is -0.356 e. The van der Waals surface area contributed by atoms with E-state index < -0.39 is 15.9 Å². The highest BCUT2D eigenvalue weighted by atomic mass is 32.2. The van der Waals surface area contributed by atoms with Crippen molar-refractivity contribution >= 4 is 21.8 Å². The largest absolute Gasteiger partial charge is 0.356 e. The monoisotopic (exact) mass is 380 g/mol. The van der Waals surface area contributed by atoms with Gasteiger partial charge in [0.15, 0.2) is 0 Å². The summed E-state index contributed by atoms with van der Waals surface area (Å²) in [5.74, 6) is -0.123. The van der Waals surface area contributed by atoms with Crippen LogP contribution < -0.4 is 5.32 Å². The van der Waals surface area contributed by atoms with Crippen LogP contribution in [0.1, 0.15) is 62.7 Å². The van der Waals surface area contributed by atoms with Gasteiger partial charge in [-0.15, -0.1) is 0 Å². The third-order valence-electron chi connectivity index (χ3n) is 4.81. The molecule has 0 unspecified atom stereocenters. The Hall–Kier alpha value is -1.89. The molecule has 1 aliphatic rings. The zero-order valence-electron chi connectivity index (χ0n) is 15.5. The first-order valence-corrected chi connectivity index (χ1v) is 10.8. The molecule has 1 heterocycles. The van der Waals surface area contributed by atoms with Gasteiger partial charge in [-0.1, -0.05) is 45.2 Å². The first-order chi connectivity index (χ1) is 12.4. The minimum atomic E-state index is -3.78. The van der Waals surface area contributed by atoms with Crippen molar-refractivity contribution in [3.05, 3.63) is 29.8 Å². The van der Waals surface area contributed by atoms with E-state index in [1.807, 2.05) is 0 Å². The molecule has 0 radical (unpaired) electrons. The zero-order valence-corrected chi connectivity index (χ0v) is 16.3. The maximum Gasteiger partial charge on any atom is 0.269 e. The summed E-state index contributed by atoms with van der Waals surface area (Å²) in [5, 5.41) is 2.93. The van der Waals surface area contributed by atoms with E-state index in [4.69, 9.17) is 0 Å². The van der Waals surface area contributed by atoms with E-state index in [-0.39, 0.29) is 29.3 Å². The molecule has 1 atom stereocenters. The summed E-state index contributed by atoms with van der Waals surface area (Å²) < 4.78 is 25.7. The lowest BCUT2D eigenvalue weighted by molar-refractivity contribution is -0.121. The van der Waals surface area contributed by atoms with Crippen LogP contribution in [-0.4, -0.2) is 37.6 Å². The molecule has 26 heavy (non-hydrogen) atoms. The average molecular weight is 381 g/mol. The van der Waals surface area contributed by atoms with Crippen molar-refractivity contribution in [2.45, 2.75) is 57.3 Å². The summed E-state index contributed by atoms with van der Waals surface area (Å²) >= 11 is 0. The van der Waals surface area contributed by atoms with Gasteiger partial charge in [-0.05, 0) is 30.9 Å². The van der Waals surface area contributed by atoms with Crippen molar-refractivity contribution in [3.8, 4) is 0 Å². The number of rotatable bonds is 10. The molecule has 144 valence electrons. The summed E-state index contributed by atoms with van der Waals surface area (Å²) in [7, 11) is -3.78. The van der Waals surface area contributed by atoms with Crippen LogP contribution in [0.3, 0.4) is 0 Å². The fourth-order valence-electron chi connectivity index (χ4n) is 3.13. The minimum absolute atomic E-state index is 0.0241. The second kappa shape index (κ2) is 9.16. The number of hydrogen-bond acceptors (Lipinski definition) is 4. The number of amides is 2. The van der Waals surface area contributed by atoms with Gasteiger partial charge in [0.25, 0.3) is 15.9 Å². The fourth-order valence-corrected chi connectivity index (χ4v) is 4.73. The van der Waals surface area contributed by atoms with Gasteiger partial charge >= 0.3 is 0 Å². The predicted molar refractivity (Wildman–Crippen MR) is 100 cm³/mol. The number of nitrogens with zero attached hydrogens (tertiary/aromatic N) is 1. The van der Waals surface area contributed by atoms with Crippen LogP contribution in [0.15, 0.2) is 29.2 Å². The number of fused-ring (bicyclic) bond motifs is 1. The Bertz CT molecular complexity index is 746. The zero-order chi connectivity index (χ0) is 19.2. The Labute approximate surface area is 156 Å². The lowest BCUT2D eigenvalue weighted by Crippen LogP contribution is -2.33. The molecule has 0 fully saturated rings. The third-order valence-corrected chi connectivity index (χ3v) is 6.65. The van der Waals surface area contributed by atoms with E-state index in [2.05, 4.69) is 19.2 Å². The molecular formula is C19H28N2O4S. The Morgan fingerprint density at radius 1 is 1.19 bits per heavy atom. The summed E-state index contributed by atoms with van der Waals surface area (Å²) in [6.07, 6.45) is 4.95. The lowest BCUT2D eigenvalue weighted by atomic mass is 9.99. The van der Waals surface area contributed by atoms with Crippen molar-refractivity contribution in [2.24, 2.45) is 5.92 Å². The van der Waals surface area contributed by atoms with Crippen LogP contribution in [0.2, 0.25) is 0 Å². The van der Waals surface area contributed by atoms with Gasteiger partial charge in [-0.25, -0.2) is 12.7 Å². The number of carbonyl (C=O) groups is 2. The SMILES string of the molecule is CCCC[C@@H](CC)CNC(=O)CCCN1C(=O)c2ccccc2S1(=O)=O. The predicted octanol–water partition coefficient (Wildman–Crippen LogP) is 2.94. The quantitative estimate of drug-likeness (QED) is 0.676. The number of hydrogen-bond donors (Lipinski definition) is 1. The number of nitrogens with one attached hydrogen (secondary N) is 1. The van der Waals surface area contributed by atoms with E-state index in [1.54, 1.807) is 12.1 Å². The molecule has 1 N–H and O–H groups in total. The van der Waals surface area contributed by atoms with Gasteiger partial charge in [0.2, 0.25) is 5.91 Å². The van der Waals surface area contributed by atoms with Gasteiger partial charge < -0.3 is 5.32 Å². The highest BCUT2D eigenvalue weighted by Gasteiger charge is 2.40. The Kier molecular flexibility index (Phi) is 7.20. The van der Waals surface area contributed by atoms with Crippen LogP contribution in [0, 0.1) is 5.92 Å². The van der Waals surface area contributed by atoms with Crippen LogP contribution >= 0.6 is 0 Å². The van der Waals surface area contributed by atoms with E-state index in [0.29, 0.717) is 18.9 Å². The standard InChI is InChI=1S/C19H28N2O4S/c1-3-5-9-15(4-2)14-20-18(22)12-8-13-21-19(23)16-10-6-7-11-17(16)26(21,24)25/h6-7,10-11,15H,3-5,8-9,12-14H2,1-2H3,(H,20,22)/t15-/m1/s1. The molecule has 6 nitrogen and oxygen atoms in total. The molecule has 7 heteroatoms. The van der Waals surface area contributed by atoms with Crippen molar-refractivity contribution < 1.29 is 18.0 Å². The summed E-state index contributed by atoms with van der Waals surface area (Å²) in [6, 6.07) is 6.20. The summed E-state index contributed by atoms with van der Waals surface area (Å²) in [6.45, 7) is 4.95. The maximum absolute atomic E-state index is 12.4. The average Bonchev–Trinajstić information content (AvgIpc) is 2.83. The Morgan fingerprint density at radius 2 is 1.92 bits per heavy atom. The first kappa shape index (κ1) is 20.4. The first-order valence-electron chi connectivity index (χ1n) is 9.34. The maximum atomic E-state index is 12.4. The molecule has 0 bridgehead atoms. The van der Waals surface area contributed by atoms with E-state index in [1.165, 1.54) is 12.1 Å². The highest BCUT2D eigenvalue weighted by Crippen LogP contribution is 2.29. The van der Waals surface area contributed by atoms with Crippen molar-refractivity contribution in [1.29, 1.82) is 0 Å². The van der Waals surface area contributed by atoms with Crippen molar-refractivity contribution in [1.82, 2.24) is 9.62 Å². The molecule has 2 amide bonds. The molecule has 0 saturated carbocycles. The van der Waals surface area contributed by atoms with E-state index in [9.17, 15) is 18.0 Å². The highest BCUT2D eigenvalue weighted by molar-refractivity contribution is 7.90. The topological polar surface area (TPSA) is 83.6 Å². The molecule has 1 aromatic carbocycles. The van der Waals surface area contributed by atoms with Gasteiger partial charge in [0, 0.05) is 19.5 Å². The summed E-state index contributed by atoms with van der Waals surface area (Å²) in [4.78, 5) is 24.3. The van der Waals surface area contributed by atoms with Crippen molar-refractivity contribution in [2.75, 3.05) is 13.1 Å². The number of sulfonamides is 1. The molecule has 2 rings (SSSR count). The van der Waals surface area contributed by atoms with Gasteiger partial charge in [0.05, 0.1) is 5.56 Å². The second-order valence-electron chi connectivity index (χ2n) is 6.70. The van der Waals surface area contributed by atoms with Crippen LogP contribution in [0.25, 0.3) is 0 Å². The summed E-state index contributed by atoms with van der Waals surface area (Å²) in [5.41, 5.74) is 0.207. The number of carbonyl (C=O) groups excluding carboxylic acids is 2. The normalized spacial score (nSPS) is 16.4. The van der Waals surface area contributed by atoms with Crippen LogP contribution in [0.5, 0.6) is 0 Å². The molecule has 0 aromatic heterocycles. The molecule has 0 aliphatic carbocycles. The molecule has 1 aromatic rings. The number of benzene rings is 1. The smallest absolute Gasteiger partial charge is 0.269 e. The van der Waals surface area contributed by atoms with Gasteiger partial charge in [-0.2, -0.15) is 0 Å². The molecule has 0 saturated heterocycles. The van der Waals surface area contributed by atoms with Gasteiger partial charge in [-0.3, -0.25) is 9.59 Å². The molecular weight excluding hydrogens is 352 g/mol. The molecule has 1 aliphatic heterocycles. The van der Waals surface area contributed by atoms with Crippen LogP contribution in [-0.2, 0) is 14.8 Å². The molecule has 0 spiro atoms. The number of unbranched alkanes of at least 4 members (excludes halogenated alkanes) is 1. The van der Waals surface area contributed by atoms with E-state index >= 15 is 0 Å². The van der Waals surface area contributed by atoms with Crippen LogP contribution in [0.4, 0.5) is 0 Å². The van der Waals surface area contributed by atoms with Gasteiger partial charge in [0.1, 0.15) is 4.90 Å². The van der Waals surface area contributed by atoms with Crippen molar-refractivity contribution in [3.63, 3.8) is 0 Å². The Balaban J connectivity index is 1.81. The lowest BCUT2D eigenvalue weighted by Gasteiger charge is -2.16.